The Morgan fingerprint density at radius 1 is 1.33 bits per heavy atom. The van der Waals surface area contributed by atoms with Crippen LogP contribution in [0.15, 0.2) is 6.20 Å². The van der Waals surface area contributed by atoms with Gasteiger partial charge in [-0.2, -0.15) is 0 Å². The van der Waals surface area contributed by atoms with Crippen LogP contribution in [0.4, 0.5) is 0 Å². The first-order chi connectivity index (χ1) is 7.22. The van der Waals surface area contributed by atoms with Gasteiger partial charge in [0.1, 0.15) is 0 Å². The van der Waals surface area contributed by atoms with Crippen molar-refractivity contribution in [3.63, 3.8) is 0 Å². The van der Waals surface area contributed by atoms with E-state index in [4.69, 9.17) is 0 Å². The zero-order valence-electron chi connectivity index (χ0n) is 10.2. The molecule has 0 saturated heterocycles. The maximum absolute atomic E-state index is 4.16. The molecule has 3 nitrogen and oxygen atoms in total. The first-order valence-corrected chi connectivity index (χ1v) is 6.11. The molecule has 0 unspecified atom stereocenters. The predicted molar refractivity (Wildman–Crippen MR) is 62.7 cm³/mol. The van der Waals surface area contributed by atoms with Gasteiger partial charge in [0.05, 0.1) is 5.69 Å². The van der Waals surface area contributed by atoms with E-state index < -0.39 is 0 Å². The third kappa shape index (κ3) is 4.96. The van der Waals surface area contributed by atoms with Gasteiger partial charge in [-0.1, -0.05) is 32.4 Å². The first kappa shape index (κ1) is 12.2. The van der Waals surface area contributed by atoms with E-state index in [0.717, 1.165) is 24.6 Å². The second kappa shape index (κ2) is 6.59. The molecule has 0 fully saturated rings. The topological polar surface area (TPSA) is 30.7 Å². The Bertz CT molecular complexity index is 266. The Kier molecular flexibility index (Phi) is 5.37. The molecular formula is C12H23N3. The minimum absolute atomic E-state index is 0.785. The molecule has 0 N–H and O–H groups in total. The Hall–Kier alpha value is -0.860. The normalized spacial score (nSPS) is 11.2. The maximum atomic E-state index is 4.16. The van der Waals surface area contributed by atoms with Gasteiger partial charge < -0.3 is 0 Å². The van der Waals surface area contributed by atoms with E-state index >= 15 is 0 Å². The Labute approximate surface area is 92.9 Å². The van der Waals surface area contributed by atoms with E-state index in [0.29, 0.717) is 0 Å². The van der Waals surface area contributed by atoms with Crippen LogP contribution < -0.4 is 0 Å². The molecule has 0 bridgehead atoms. The van der Waals surface area contributed by atoms with Gasteiger partial charge in [0.15, 0.2) is 0 Å². The SMILES string of the molecule is CCCCc1cn(CCCC(C)C)nn1. The van der Waals surface area contributed by atoms with Crippen LogP contribution in [0.3, 0.4) is 0 Å². The molecule has 0 saturated carbocycles. The second-order valence-corrected chi connectivity index (χ2v) is 4.61. The summed E-state index contributed by atoms with van der Waals surface area (Å²) in [6.07, 6.45) is 8.07. The standard InChI is InChI=1S/C12H23N3/c1-4-5-8-12-10-15(14-13-12)9-6-7-11(2)3/h10-11H,4-9H2,1-3H3. The molecule has 15 heavy (non-hydrogen) atoms. The van der Waals surface area contributed by atoms with Crippen LogP contribution in [-0.4, -0.2) is 15.0 Å². The lowest BCUT2D eigenvalue weighted by molar-refractivity contribution is 0.482. The minimum Gasteiger partial charge on any atom is -0.252 e. The molecule has 86 valence electrons. The summed E-state index contributed by atoms with van der Waals surface area (Å²) in [5.41, 5.74) is 1.14. The summed E-state index contributed by atoms with van der Waals surface area (Å²) in [6.45, 7) is 7.73. The summed E-state index contributed by atoms with van der Waals surface area (Å²) in [4.78, 5) is 0. The highest BCUT2D eigenvalue weighted by Gasteiger charge is 2.00. The van der Waals surface area contributed by atoms with Crippen LogP contribution in [0, 0.1) is 5.92 Å². The van der Waals surface area contributed by atoms with Crippen molar-refractivity contribution in [3.8, 4) is 0 Å². The zero-order chi connectivity index (χ0) is 11.1. The fraction of sp³-hybridized carbons (Fsp3) is 0.833. The van der Waals surface area contributed by atoms with Crippen molar-refractivity contribution in [1.82, 2.24) is 15.0 Å². The zero-order valence-corrected chi connectivity index (χ0v) is 10.2. The summed E-state index contributed by atoms with van der Waals surface area (Å²) in [5.74, 6) is 0.785. The first-order valence-electron chi connectivity index (χ1n) is 6.11. The summed E-state index contributed by atoms with van der Waals surface area (Å²) < 4.78 is 1.98. The highest BCUT2D eigenvalue weighted by atomic mass is 15.4. The van der Waals surface area contributed by atoms with E-state index in [2.05, 4.69) is 37.3 Å². The van der Waals surface area contributed by atoms with Gasteiger partial charge in [-0.3, -0.25) is 4.68 Å². The molecule has 1 rings (SSSR count). The van der Waals surface area contributed by atoms with Crippen molar-refractivity contribution >= 4 is 0 Å². The van der Waals surface area contributed by atoms with Gasteiger partial charge in [0.25, 0.3) is 0 Å². The summed E-state index contributed by atoms with van der Waals surface area (Å²) in [7, 11) is 0. The molecule has 0 radical (unpaired) electrons. The van der Waals surface area contributed by atoms with E-state index in [9.17, 15) is 0 Å². The maximum Gasteiger partial charge on any atom is 0.0827 e. The Morgan fingerprint density at radius 3 is 2.80 bits per heavy atom. The third-order valence-corrected chi connectivity index (χ3v) is 2.54. The molecule has 3 heteroatoms. The van der Waals surface area contributed by atoms with E-state index in [1.807, 2.05) is 4.68 Å². The summed E-state index contributed by atoms with van der Waals surface area (Å²) in [5, 5.41) is 8.30. The lowest BCUT2D eigenvalue weighted by Gasteiger charge is -2.03. The quantitative estimate of drug-likeness (QED) is 0.691. The van der Waals surface area contributed by atoms with Crippen molar-refractivity contribution < 1.29 is 0 Å². The molecule has 0 aliphatic carbocycles. The average molecular weight is 209 g/mol. The van der Waals surface area contributed by atoms with E-state index in [1.165, 1.54) is 25.7 Å². The van der Waals surface area contributed by atoms with E-state index in [1.54, 1.807) is 0 Å². The molecule has 1 aromatic heterocycles. The minimum atomic E-state index is 0.785. The number of hydrogen-bond donors (Lipinski definition) is 0. The molecule has 0 spiro atoms. The van der Waals surface area contributed by atoms with Crippen molar-refractivity contribution in [1.29, 1.82) is 0 Å². The molecule has 0 aliphatic rings. The average Bonchev–Trinajstić information content (AvgIpc) is 2.62. The molecule has 0 atom stereocenters. The van der Waals surface area contributed by atoms with Gasteiger partial charge >= 0.3 is 0 Å². The largest absolute Gasteiger partial charge is 0.252 e. The number of hydrogen-bond acceptors (Lipinski definition) is 2. The predicted octanol–water partition coefficient (Wildman–Crippen LogP) is 3.06. The molecule has 0 aromatic carbocycles. The lowest BCUT2D eigenvalue weighted by Crippen LogP contribution is -2.00. The molecule has 1 aromatic rings. The smallest absolute Gasteiger partial charge is 0.0827 e. The number of aromatic nitrogens is 3. The van der Waals surface area contributed by atoms with E-state index in [-0.39, 0.29) is 0 Å². The van der Waals surface area contributed by atoms with Crippen LogP contribution in [0.2, 0.25) is 0 Å². The van der Waals surface area contributed by atoms with Crippen LogP contribution in [0.25, 0.3) is 0 Å². The lowest BCUT2D eigenvalue weighted by atomic mass is 10.1. The van der Waals surface area contributed by atoms with Gasteiger partial charge in [0.2, 0.25) is 0 Å². The second-order valence-electron chi connectivity index (χ2n) is 4.61. The molecule has 1 heterocycles. The van der Waals surface area contributed by atoms with Gasteiger partial charge in [-0.05, 0) is 31.6 Å². The van der Waals surface area contributed by atoms with Crippen molar-refractivity contribution in [3.05, 3.63) is 11.9 Å². The number of rotatable bonds is 7. The fourth-order valence-electron chi connectivity index (χ4n) is 1.58. The molecule has 0 aliphatic heterocycles. The van der Waals surface area contributed by atoms with Crippen LogP contribution >= 0.6 is 0 Å². The molecular weight excluding hydrogens is 186 g/mol. The van der Waals surface area contributed by atoms with Crippen LogP contribution in [0.5, 0.6) is 0 Å². The monoisotopic (exact) mass is 209 g/mol. The van der Waals surface area contributed by atoms with Gasteiger partial charge in [-0.25, -0.2) is 0 Å². The summed E-state index contributed by atoms with van der Waals surface area (Å²) in [6, 6.07) is 0. The number of nitrogens with zero attached hydrogens (tertiary/aromatic N) is 3. The molecule has 0 amide bonds. The summed E-state index contributed by atoms with van der Waals surface area (Å²) >= 11 is 0. The van der Waals surface area contributed by atoms with Gasteiger partial charge in [0, 0.05) is 12.7 Å². The fourth-order valence-corrected chi connectivity index (χ4v) is 1.58. The Morgan fingerprint density at radius 2 is 2.13 bits per heavy atom. The third-order valence-electron chi connectivity index (χ3n) is 2.54. The number of aryl methyl sites for hydroxylation is 2. The van der Waals surface area contributed by atoms with Crippen LogP contribution in [0.1, 0.15) is 52.1 Å². The van der Waals surface area contributed by atoms with Gasteiger partial charge in [-0.15, -0.1) is 5.10 Å². The van der Waals surface area contributed by atoms with Crippen molar-refractivity contribution in [2.75, 3.05) is 0 Å². The highest BCUT2D eigenvalue weighted by molar-refractivity contribution is 4.91. The van der Waals surface area contributed by atoms with Crippen molar-refractivity contribution in [2.24, 2.45) is 5.92 Å². The van der Waals surface area contributed by atoms with Crippen LogP contribution in [-0.2, 0) is 13.0 Å². The van der Waals surface area contributed by atoms with Crippen molar-refractivity contribution in [2.45, 2.75) is 59.4 Å². The Balaban J connectivity index is 2.26. The number of unbranched alkanes of at least 4 members (excludes halogenated alkanes) is 1. The highest BCUT2D eigenvalue weighted by Crippen LogP contribution is 2.06.